The lowest BCUT2D eigenvalue weighted by molar-refractivity contribution is 0.634. The molecule has 0 aromatic rings. The fourth-order valence-corrected chi connectivity index (χ4v) is 4.81. The molecule has 0 aliphatic heterocycles. The van der Waals surface area contributed by atoms with Crippen molar-refractivity contribution in [1.29, 1.82) is 0 Å². The first-order valence-electron chi connectivity index (χ1n) is 4.36. The molecule has 1 atom stereocenters. The second-order valence-corrected chi connectivity index (χ2v) is 8.70. The molecule has 0 aliphatic carbocycles. The normalized spacial score (nSPS) is 15.5. The minimum absolute atomic E-state index is 0.264. The Morgan fingerprint density at radius 3 is 1.77 bits per heavy atom. The number of alkyl halides is 2. The van der Waals surface area contributed by atoms with Crippen LogP contribution >= 0.6 is 44.8 Å². The molecule has 0 spiro atoms. The average molecular weight is 261 g/mol. The molecule has 0 heterocycles. The van der Waals surface area contributed by atoms with Gasteiger partial charge in [0, 0.05) is 10.00 Å². The summed E-state index contributed by atoms with van der Waals surface area (Å²) < 4.78 is 0.264. The molecule has 0 aromatic carbocycles. The zero-order valence-electron chi connectivity index (χ0n) is 8.80. The zero-order valence-corrected chi connectivity index (χ0v) is 11.9. The maximum Gasteiger partial charge on any atom is 0.120 e. The molecule has 0 N–H and O–H groups in total. The van der Waals surface area contributed by atoms with Gasteiger partial charge in [-0.1, -0.05) is 56.2 Å². The van der Waals surface area contributed by atoms with Crippen molar-refractivity contribution in [2.24, 2.45) is 5.92 Å². The third-order valence-corrected chi connectivity index (χ3v) is 6.25. The van der Waals surface area contributed by atoms with E-state index in [1.807, 2.05) is 10.8 Å². The van der Waals surface area contributed by atoms with Crippen LogP contribution < -0.4 is 0 Å². The quantitative estimate of drug-likeness (QED) is 0.516. The largest absolute Gasteiger partial charge is 0.120 e. The molecule has 0 fully saturated rings. The van der Waals surface area contributed by atoms with Crippen LogP contribution in [0.25, 0.3) is 0 Å². The molecule has 0 saturated carbocycles. The van der Waals surface area contributed by atoms with E-state index in [2.05, 4.69) is 34.6 Å². The van der Waals surface area contributed by atoms with E-state index in [-0.39, 0.29) is 9.58 Å². The first kappa shape index (κ1) is 14.3. The molecule has 0 bridgehead atoms. The molecule has 0 rings (SSSR count). The Kier molecular flexibility index (Phi) is 6.58. The van der Waals surface area contributed by atoms with E-state index in [9.17, 15) is 0 Å². The van der Waals surface area contributed by atoms with E-state index in [1.165, 1.54) is 0 Å². The molecular weight excluding hydrogens is 243 g/mol. The van der Waals surface area contributed by atoms with Gasteiger partial charge >= 0.3 is 0 Å². The van der Waals surface area contributed by atoms with Crippen molar-refractivity contribution < 1.29 is 0 Å². The molecule has 13 heavy (non-hydrogen) atoms. The first-order valence-corrected chi connectivity index (χ1v) is 7.45. The van der Waals surface area contributed by atoms with E-state index in [1.54, 1.807) is 10.8 Å². The molecule has 0 unspecified atom stereocenters. The molecule has 0 amide bonds. The van der Waals surface area contributed by atoms with Crippen LogP contribution in [-0.2, 0) is 0 Å². The second kappa shape index (κ2) is 5.99. The van der Waals surface area contributed by atoms with E-state index in [4.69, 9.17) is 23.2 Å². The summed E-state index contributed by atoms with van der Waals surface area (Å²) >= 11 is 11.8. The van der Waals surface area contributed by atoms with Crippen molar-refractivity contribution in [1.82, 2.24) is 0 Å². The Bertz CT molecular complexity index is 133. The lowest BCUT2D eigenvalue weighted by Gasteiger charge is -2.25. The highest BCUT2D eigenvalue weighted by molar-refractivity contribution is 8.77. The third-order valence-electron chi connectivity index (χ3n) is 1.31. The summed E-state index contributed by atoms with van der Waals surface area (Å²) in [5.41, 5.74) is 0. The second-order valence-electron chi connectivity index (χ2n) is 4.34. The number of hydrogen-bond donors (Lipinski definition) is 0. The predicted molar refractivity (Wildman–Crippen MR) is 69.1 cm³/mol. The van der Waals surface area contributed by atoms with Gasteiger partial charge in [0.15, 0.2) is 0 Å². The summed E-state index contributed by atoms with van der Waals surface area (Å²) in [7, 11) is 3.64. The van der Waals surface area contributed by atoms with Gasteiger partial charge in [-0.3, -0.25) is 0 Å². The summed E-state index contributed by atoms with van der Waals surface area (Å²) in [6.07, 6.45) is 0. The van der Waals surface area contributed by atoms with E-state index < -0.39 is 0 Å². The van der Waals surface area contributed by atoms with Gasteiger partial charge in [-0.15, -0.1) is 23.2 Å². The molecule has 0 nitrogen and oxygen atoms in total. The standard InChI is InChI=1S/C9H18Cl2S2/c1-6(2)7(8(10)11)12-13-9(3,4)5/h6-8H,1-5H3/t7-/m0/s1. The van der Waals surface area contributed by atoms with Crippen LogP contribution in [-0.4, -0.2) is 14.8 Å². The van der Waals surface area contributed by atoms with Gasteiger partial charge in [0.1, 0.15) is 4.84 Å². The monoisotopic (exact) mass is 260 g/mol. The Morgan fingerprint density at radius 1 is 1.08 bits per heavy atom. The number of halogens is 2. The molecule has 0 saturated heterocycles. The highest BCUT2D eigenvalue weighted by Gasteiger charge is 2.24. The molecule has 0 aromatic heterocycles. The fourth-order valence-electron chi connectivity index (χ4n) is 0.644. The Morgan fingerprint density at radius 2 is 1.54 bits per heavy atom. The number of hydrogen-bond acceptors (Lipinski definition) is 2. The minimum atomic E-state index is -0.278. The van der Waals surface area contributed by atoms with Crippen molar-refractivity contribution in [3.05, 3.63) is 0 Å². The van der Waals surface area contributed by atoms with E-state index >= 15 is 0 Å². The van der Waals surface area contributed by atoms with Gasteiger partial charge in [-0.05, 0) is 5.92 Å². The highest BCUT2D eigenvalue weighted by Crippen LogP contribution is 2.43. The van der Waals surface area contributed by atoms with Gasteiger partial charge in [0.05, 0.1) is 0 Å². The van der Waals surface area contributed by atoms with Crippen LogP contribution in [0.5, 0.6) is 0 Å². The maximum atomic E-state index is 5.90. The van der Waals surface area contributed by atoms with Gasteiger partial charge < -0.3 is 0 Å². The van der Waals surface area contributed by atoms with Crippen molar-refractivity contribution in [2.45, 2.75) is 49.5 Å². The van der Waals surface area contributed by atoms with Crippen molar-refractivity contribution >= 4 is 44.8 Å². The third kappa shape index (κ3) is 7.24. The van der Waals surface area contributed by atoms with Gasteiger partial charge in [-0.25, -0.2) is 0 Å². The first-order chi connectivity index (χ1) is 5.74. The van der Waals surface area contributed by atoms with Crippen LogP contribution in [0.15, 0.2) is 0 Å². The molecule has 0 aliphatic rings. The van der Waals surface area contributed by atoms with Crippen molar-refractivity contribution in [3.8, 4) is 0 Å². The fraction of sp³-hybridized carbons (Fsp3) is 1.00. The topological polar surface area (TPSA) is 0 Å². The van der Waals surface area contributed by atoms with Crippen molar-refractivity contribution in [3.63, 3.8) is 0 Å². The van der Waals surface area contributed by atoms with Gasteiger partial charge in [0.2, 0.25) is 0 Å². The van der Waals surface area contributed by atoms with Crippen LogP contribution in [0, 0.1) is 5.92 Å². The Balaban J connectivity index is 3.98. The molecular formula is C9H18Cl2S2. The van der Waals surface area contributed by atoms with Gasteiger partial charge in [0.25, 0.3) is 0 Å². The lowest BCUT2D eigenvalue weighted by Crippen LogP contribution is -2.19. The average Bonchev–Trinajstić information content (AvgIpc) is 1.82. The Labute approximate surface area is 99.9 Å². The van der Waals surface area contributed by atoms with Crippen LogP contribution in [0.2, 0.25) is 0 Å². The lowest BCUT2D eigenvalue weighted by atomic mass is 10.1. The zero-order chi connectivity index (χ0) is 10.6. The van der Waals surface area contributed by atoms with E-state index in [0.29, 0.717) is 11.2 Å². The Hall–Kier alpha value is 1.28. The van der Waals surface area contributed by atoms with Crippen molar-refractivity contribution in [2.75, 3.05) is 0 Å². The van der Waals surface area contributed by atoms with Crippen LogP contribution in [0.3, 0.4) is 0 Å². The number of rotatable bonds is 4. The molecule has 0 radical (unpaired) electrons. The highest BCUT2D eigenvalue weighted by atomic mass is 35.5. The van der Waals surface area contributed by atoms with E-state index in [0.717, 1.165) is 0 Å². The molecule has 4 heteroatoms. The van der Waals surface area contributed by atoms with Gasteiger partial charge in [-0.2, -0.15) is 0 Å². The summed E-state index contributed by atoms with van der Waals surface area (Å²) in [6, 6.07) is 0. The predicted octanol–water partition coefficient (Wildman–Crippen LogP) is 4.99. The summed E-state index contributed by atoms with van der Waals surface area (Å²) in [6.45, 7) is 10.9. The van der Waals surface area contributed by atoms with Crippen LogP contribution in [0.1, 0.15) is 34.6 Å². The van der Waals surface area contributed by atoms with Crippen LogP contribution in [0.4, 0.5) is 0 Å². The molecule has 80 valence electrons. The maximum absolute atomic E-state index is 5.90. The minimum Gasteiger partial charge on any atom is -0.104 e. The smallest absolute Gasteiger partial charge is 0.104 e. The summed E-state index contributed by atoms with van der Waals surface area (Å²) in [5, 5.41) is 0.313. The summed E-state index contributed by atoms with van der Waals surface area (Å²) in [4.78, 5) is -0.278. The summed E-state index contributed by atoms with van der Waals surface area (Å²) in [5.74, 6) is 0.514. The SMILES string of the molecule is CC(C)[C@H](SSC(C)(C)C)C(Cl)Cl.